The number of rotatable bonds is 5. The summed E-state index contributed by atoms with van der Waals surface area (Å²) in [6.45, 7) is 1.71. The first kappa shape index (κ1) is 20.7. The van der Waals surface area contributed by atoms with Crippen molar-refractivity contribution in [3.8, 4) is 0 Å². The first-order valence-corrected chi connectivity index (χ1v) is 11.4. The molecule has 3 aromatic carbocycles. The highest BCUT2D eigenvalue weighted by molar-refractivity contribution is 6.07. The smallest absolute Gasteiger partial charge is 0.254 e. The molecule has 2 aliphatic rings. The normalized spacial score (nSPS) is 16.8. The number of carbonyl (C=O) groups is 2. The molecule has 3 aromatic rings. The Balaban J connectivity index is 1.25. The van der Waals surface area contributed by atoms with Gasteiger partial charge >= 0.3 is 0 Å². The van der Waals surface area contributed by atoms with Crippen LogP contribution in [0.3, 0.4) is 0 Å². The molecule has 0 N–H and O–H groups in total. The third-order valence-electron chi connectivity index (χ3n) is 6.69. The molecule has 2 amide bonds. The Kier molecular flexibility index (Phi) is 5.64. The maximum atomic E-state index is 13.3. The number of hydrogen-bond donors (Lipinski definition) is 0. The van der Waals surface area contributed by atoms with Crippen LogP contribution in [0.4, 0.5) is 4.39 Å². The zero-order chi connectivity index (χ0) is 22.1. The minimum atomic E-state index is -0.263. The Morgan fingerprint density at radius 3 is 2.28 bits per heavy atom. The van der Waals surface area contributed by atoms with Crippen LogP contribution in [-0.4, -0.2) is 40.7 Å². The number of fused-ring (bicyclic) bond motifs is 1. The molecule has 1 heterocycles. The Bertz CT molecular complexity index is 1130. The van der Waals surface area contributed by atoms with Gasteiger partial charge in [0.2, 0.25) is 5.91 Å². The summed E-state index contributed by atoms with van der Waals surface area (Å²) in [4.78, 5) is 30.4. The highest BCUT2D eigenvalue weighted by atomic mass is 19.1. The van der Waals surface area contributed by atoms with E-state index in [0.717, 1.165) is 34.7 Å². The number of amides is 2. The van der Waals surface area contributed by atoms with E-state index < -0.39 is 0 Å². The van der Waals surface area contributed by atoms with Crippen LogP contribution < -0.4 is 0 Å². The van der Waals surface area contributed by atoms with E-state index in [2.05, 4.69) is 0 Å². The van der Waals surface area contributed by atoms with Crippen molar-refractivity contribution >= 4 is 22.6 Å². The van der Waals surface area contributed by atoms with Crippen LogP contribution in [0.1, 0.15) is 41.6 Å². The molecule has 164 valence electrons. The summed E-state index contributed by atoms with van der Waals surface area (Å²) in [5, 5.41) is 2.03. The summed E-state index contributed by atoms with van der Waals surface area (Å²) >= 11 is 0. The Hall–Kier alpha value is -3.21. The average molecular weight is 431 g/mol. The van der Waals surface area contributed by atoms with Crippen molar-refractivity contribution < 1.29 is 14.0 Å². The lowest BCUT2D eigenvalue weighted by Gasteiger charge is -2.34. The van der Waals surface area contributed by atoms with Gasteiger partial charge in [0.05, 0.1) is 0 Å². The highest BCUT2D eigenvalue weighted by Crippen LogP contribution is 2.32. The molecule has 4 nitrogen and oxygen atoms in total. The number of likely N-dealkylation sites (tertiary alicyclic amines) is 1. The predicted octanol–water partition coefficient (Wildman–Crippen LogP) is 5.02. The maximum Gasteiger partial charge on any atom is 0.254 e. The van der Waals surface area contributed by atoms with Crippen molar-refractivity contribution in [3.63, 3.8) is 0 Å². The van der Waals surface area contributed by atoms with Gasteiger partial charge in [0.1, 0.15) is 5.82 Å². The Morgan fingerprint density at radius 1 is 0.875 bits per heavy atom. The van der Waals surface area contributed by atoms with E-state index in [1.54, 1.807) is 12.1 Å². The molecule has 1 saturated carbocycles. The first-order valence-electron chi connectivity index (χ1n) is 11.4. The topological polar surface area (TPSA) is 40.6 Å². The Morgan fingerprint density at radius 2 is 1.56 bits per heavy atom. The number of hydrogen-bond acceptors (Lipinski definition) is 2. The molecule has 0 spiro atoms. The molecule has 0 bridgehead atoms. The zero-order valence-corrected chi connectivity index (χ0v) is 18.0. The second-order valence-electron chi connectivity index (χ2n) is 8.92. The standard InChI is InChI=1S/C27H27FN2O2/c28-22-10-8-19(9-11-22)18-30(23-12-13-23)26(31)21-14-16-29(17-15-21)27(32)25-7-3-5-20-4-1-2-6-24(20)25/h1-11,21,23H,12-18H2. The summed E-state index contributed by atoms with van der Waals surface area (Å²) in [6.07, 6.45) is 3.43. The summed E-state index contributed by atoms with van der Waals surface area (Å²) < 4.78 is 13.2. The van der Waals surface area contributed by atoms with Crippen molar-refractivity contribution in [1.82, 2.24) is 9.80 Å². The summed E-state index contributed by atoms with van der Waals surface area (Å²) in [5.41, 5.74) is 1.68. The fourth-order valence-electron chi connectivity index (χ4n) is 4.71. The number of benzene rings is 3. The van der Waals surface area contributed by atoms with Crippen LogP contribution in [0.25, 0.3) is 10.8 Å². The van der Waals surface area contributed by atoms with E-state index >= 15 is 0 Å². The molecule has 0 atom stereocenters. The molecular weight excluding hydrogens is 403 g/mol. The molecule has 2 fully saturated rings. The molecule has 0 unspecified atom stereocenters. The van der Waals surface area contributed by atoms with Gasteiger partial charge in [-0.3, -0.25) is 9.59 Å². The molecule has 1 aliphatic heterocycles. The van der Waals surface area contributed by atoms with Gasteiger partial charge in [0.25, 0.3) is 5.91 Å². The van der Waals surface area contributed by atoms with E-state index in [1.807, 2.05) is 52.3 Å². The number of piperidine rings is 1. The van der Waals surface area contributed by atoms with Gasteiger partial charge in [0, 0.05) is 37.2 Å². The van der Waals surface area contributed by atoms with Gasteiger partial charge in [0.15, 0.2) is 0 Å². The van der Waals surface area contributed by atoms with Crippen LogP contribution >= 0.6 is 0 Å². The third kappa shape index (κ3) is 4.24. The molecular formula is C27H27FN2O2. The first-order chi connectivity index (χ1) is 15.6. The van der Waals surface area contributed by atoms with E-state index in [1.165, 1.54) is 12.1 Å². The summed E-state index contributed by atoms with van der Waals surface area (Å²) in [5.74, 6) is -0.110. The van der Waals surface area contributed by atoms with Crippen molar-refractivity contribution in [2.75, 3.05) is 13.1 Å². The van der Waals surface area contributed by atoms with Gasteiger partial charge in [-0.25, -0.2) is 4.39 Å². The van der Waals surface area contributed by atoms with Gasteiger partial charge in [-0.15, -0.1) is 0 Å². The van der Waals surface area contributed by atoms with Crippen molar-refractivity contribution in [2.24, 2.45) is 5.92 Å². The molecule has 1 aliphatic carbocycles. The van der Waals surface area contributed by atoms with E-state index in [9.17, 15) is 14.0 Å². The largest absolute Gasteiger partial charge is 0.339 e. The predicted molar refractivity (Wildman–Crippen MR) is 123 cm³/mol. The van der Waals surface area contributed by atoms with Gasteiger partial charge in [-0.05, 0) is 60.2 Å². The van der Waals surface area contributed by atoms with E-state index in [4.69, 9.17) is 0 Å². The molecule has 0 radical (unpaired) electrons. The molecule has 5 heteroatoms. The lowest BCUT2D eigenvalue weighted by Crippen LogP contribution is -2.45. The van der Waals surface area contributed by atoms with E-state index in [-0.39, 0.29) is 23.5 Å². The second kappa shape index (κ2) is 8.73. The fourth-order valence-corrected chi connectivity index (χ4v) is 4.71. The van der Waals surface area contributed by atoms with Crippen LogP contribution in [0.15, 0.2) is 66.7 Å². The number of nitrogens with zero attached hydrogens (tertiary/aromatic N) is 2. The number of carbonyl (C=O) groups excluding carboxylic acids is 2. The van der Waals surface area contributed by atoms with Crippen molar-refractivity contribution in [3.05, 3.63) is 83.7 Å². The highest BCUT2D eigenvalue weighted by Gasteiger charge is 2.37. The third-order valence-corrected chi connectivity index (χ3v) is 6.69. The lowest BCUT2D eigenvalue weighted by atomic mass is 9.94. The lowest BCUT2D eigenvalue weighted by molar-refractivity contribution is -0.138. The quantitative estimate of drug-likeness (QED) is 0.570. The second-order valence-corrected chi connectivity index (χ2v) is 8.92. The zero-order valence-electron chi connectivity index (χ0n) is 18.0. The van der Waals surface area contributed by atoms with Crippen molar-refractivity contribution in [1.29, 1.82) is 0 Å². The minimum absolute atomic E-state index is 0.0399. The molecule has 32 heavy (non-hydrogen) atoms. The van der Waals surface area contributed by atoms with Crippen LogP contribution in [0, 0.1) is 11.7 Å². The summed E-state index contributed by atoms with van der Waals surface area (Å²) in [6, 6.07) is 20.5. The molecule has 0 aromatic heterocycles. The monoisotopic (exact) mass is 430 g/mol. The minimum Gasteiger partial charge on any atom is -0.339 e. The SMILES string of the molecule is O=C(c1cccc2ccccc12)N1CCC(C(=O)N(Cc2ccc(F)cc2)C2CC2)CC1. The number of halogens is 1. The van der Waals surface area contributed by atoms with Gasteiger partial charge in [-0.1, -0.05) is 48.5 Å². The van der Waals surface area contributed by atoms with Crippen LogP contribution in [0.5, 0.6) is 0 Å². The average Bonchev–Trinajstić information content (AvgIpc) is 3.68. The summed E-state index contributed by atoms with van der Waals surface area (Å²) in [7, 11) is 0. The van der Waals surface area contributed by atoms with Gasteiger partial charge < -0.3 is 9.80 Å². The molecule has 5 rings (SSSR count). The van der Waals surface area contributed by atoms with Crippen molar-refractivity contribution in [2.45, 2.75) is 38.3 Å². The molecule has 1 saturated heterocycles. The fraction of sp³-hybridized carbons (Fsp3) is 0.333. The van der Waals surface area contributed by atoms with Gasteiger partial charge in [-0.2, -0.15) is 0 Å². The van der Waals surface area contributed by atoms with Crippen LogP contribution in [-0.2, 0) is 11.3 Å². The van der Waals surface area contributed by atoms with Crippen LogP contribution in [0.2, 0.25) is 0 Å². The van der Waals surface area contributed by atoms with E-state index in [0.29, 0.717) is 38.5 Å². The maximum absolute atomic E-state index is 13.3. The Labute approximate surface area is 187 Å².